The topological polar surface area (TPSA) is 55.7 Å². The monoisotopic (exact) mass is 321 g/mol. The van der Waals surface area contributed by atoms with Crippen LogP contribution in [0.2, 0.25) is 0 Å². The summed E-state index contributed by atoms with van der Waals surface area (Å²) in [4.78, 5) is 28.1. The number of carbonyl (C=O) groups excluding carboxylic acids is 2. The van der Waals surface area contributed by atoms with Crippen LogP contribution in [-0.4, -0.2) is 17.5 Å². The normalized spacial score (nSPS) is 11.3. The highest BCUT2D eigenvalue weighted by Gasteiger charge is 2.15. The van der Waals surface area contributed by atoms with Gasteiger partial charge in [-0.1, -0.05) is 55.6 Å². The first kappa shape index (κ1) is 18.4. The predicted octanol–water partition coefficient (Wildman–Crippen LogP) is 4.19. The Hall–Kier alpha value is -1.62. The van der Waals surface area contributed by atoms with Crippen molar-refractivity contribution >= 4 is 30.1 Å². The number of carbonyl (C=O) groups is 2. The van der Waals surface area contributed by atoms with E-state index in [1.807, 2.05) is 12.1 Å². The Labute approximate surface area is 137 Å². The van der Waals surface area contributed by atoms with E-state index in [0.29, 0.717) is 23.4 Å². The molecule has 0 aliphatic heterocycles. The fourth-order valence-electron chi connectivity index (χ4n) is 1.97. The first-order valence-corrected chi connectivity index (χ1v) is 8.20. The van der Waals surface area contributed by atoms with Gasteiger partial charge in [0.25, 0.3) is 0 Å². The van der Waals surface area contributed by atoms with Gasteiger partial charge in [0.05, 0.1) is 0 Å². The molecule has 0 aliphatic rings. The number of oxime groups is 1. The lowest BCUT2D eigenvalue weighted by atomic mass is 10.0. The molecule has 0 aromatic heterocycles. The third kappa shape index (κ3) is 6.43. The second kappa shape index (κ2) is 10.2. The largest absolute Gasteiger partial charge is 0.331 e. The Bertz CT molecular complexity index is 523. The number of thiol groups is 1. The van der Waals surface area contributed by atoms with Crippen molar-refractivity contribution in [3.8, 4) is 0 Å². The van der Waals surface area contributed by atoms with Crippen molar-refractivity contribution in [3.05, 3.63) is 35.4 Å². The standard InChI is InChI=1S/C17H23NO3S/c1-3-4-5-6-7-16(18-21-13(2)19)17(20)15-10-8-14(12-22)9-11-15/h8-11,22H,3-7,12H2,1-2H3. The number of hydrogen-bond acceptors (Lipinski definition) is 5. The van der Waals surface area contributed by atoms with Crippen molar-refractivity contribution in [3.63, 3.8) is 0 Å². The molecule has 1 rings (SSSR count). The highest BCUT2D eigenvalue weighted by atomic mass is 32.1. The van der Waals surface area contributed by atoms with Crippen molar-refractivity contribution in [2.24, 2.45) is 5.16 Å². The summed E-state index contributed by atoms with van der Waals surface area (Å²) in [5.41, 5.74) is 1.89. The van der Waals surface area contributed by atoms with E-state index >= 15 is 0 Å². The molecule has 0 amide bonds. The fourth-order valence-corrected chi connectivity index (χ4v) is 2.18. The van der Waals surface area contributed by atoms with E-state index in [9.17, 15) is 9.59 Å². The summed E-state index contributed by atoms with van der Waals surface area (Å²) in [5.74, 6) is -0.0902. The predicted molar refractivity (Wildman–Crippen MR) is 91.4 cm³/mol. The van der Waals surface area contributed by atoms with E-state index in [4.69, 9.17) is 0 Å². The van der Waals surface area contributed by atoms with Crippen LogP contribution in [0.5, 0.6) is 0 Å². The van der Waals surface area contributed by atoms with Crippen LogP contribution in [-0.2, 0) is 15.4 Å². The van der Waals surface area contributed by atoms with Crippen molar-refractivity contribution in [2.75, 3.05) is 0 Å². The molecule has 0 fully saturated rings. The number of ketones is 1. The van der Waals surface area contributed by atoms with Gasteiger partial charge in [-0.2, -0.15) is 12.6 Å². The maximum atomic E-state index is 12.5. The lowest BCUT2D eigenvalue weighted by Gasteiger charge is -2.06. The zero-order valence-corrected chi connectivity index (χ0v) is 14.1. The van der Waals surface area contributed by atoms with Crippen LogP contribution in [0.1, 0.15) is 61.9 Å². The quantitative estimate of drug-likeness (QED) is 0.185. The Balaban J connectivity index is 2.80. The Morgan fingerprint density at radius 2 is 1.82 bits per heavy atom. The van der Waals surface area contributed by atoms with Gasteiger partial charge in [0.15, 0.2) is 0 Å². The number of hydrogen-bond donors (Lipinski definition) is 1. The molecule has 0 radical (unpaired) electrons. The first-order valence-electron chi connectivity index (χ1n) is 7.57. The van der Waals surface area contributed by atoms with E-state index in [0.717, 1.165) is 31.2 Å². The average molecular weight is 321 g/mol. The zero-order valence-electron chi connectivity index (χ0n) is 13.2. The van der Waals surface area contributed by atoms with Crippen LogP contribution >= 0.6 is 12.6 Å². The zero-order chi connectivity index (χ0) is 16.4. The van der Waals surface area contributed by atoms with Crippen LogP contribution in [0.15, 0.2) is 29.4 Å². The van der Waals surface area contributed by atoms with Crippen LogP contribution in [0.4, 0.5) is 0 Å². The minimum absolute atomic E-state index is 0.191. The van der Waals surface area contributed by atoms with E-state index in [1.54, 1.807) is 12.1 Å². The lowest BCUT2D eigenvalue weighted by molar-refractivity contribution is -0.140. The van der Waals surface area contributed by atoms with Gasteiger partial charge in [0.1, 0.15) is 5.71 Å². The van der Waals surface area contributed by atoms with Crippen molar-refractivity contribution < 1.29 is 14.4 Å². The van der Waals surface area contributed by atoms with Gasteiger partial charge in [0.2, 0.25) is 5.78 Å². The Kier molecular flexibility index (Phi) is 8.51. The fraction of sp³-hybridized carbons (Fsp3) is 0.471. The highest BCUT2D eigenvalue weighted by molar-refractivity contribution is 7.79. The third-order valence-electron chi connectivity index (χ3n) is 3.21. The lowest BCUT2D eigenvalue weighted by Crippen LogP contribution is -2.16. The van der Waals surface area contributed by atoms with Crippen molar-refractivity contribution in [1.29, 1.82) is 0 Å². The van der Waals surface area contributed by atoms with Crippen LogP contribution < -0.4 is 0 Å². The molecule has 1 aromatic carbocycles. The molecular formula is C17H23NO3S. The summed E-state index contributed by atoms with van der Waals surface area (Å²) in [5, 5.41) is 3.74. The average Bonchev–Trinajstić information content (AvgIpc) is 2.53. The summed E-state index contributed by atoms with van der Waals surface area (Å²) >= 11 is 4.19. The molecule has 0 unspecified atom stereocenters. The van der Waals surface area contributed by atoms with Crippen molar-refractivity contribution in [1.82, 2.24) is 0 Å². The molecule has 4 nitrogen and oxygen atoms in total. The molecule has 5 heteroatoms. The molecule has 0 N–H and O–H groups in total. The summed E-state index contributed by atoms with van der Waals surface area (Å²) in [6, 6.07) is 7.23. The Morgan fingerprint density at radius 3 is 2.36 bits per heavy atom. The number of Topliss-reactive ketones (excluding diaryl/α,β-unsaturated/α-hetero) is 1. The molecule has 1 aromatic rings. The van der Waals surface area contributed by atoms with Crippen LogP contribution in [0, 0.1) is 0 Å². The van der Waals surface area contributed by atoms with E-state index in [2.05, 4.69) is 29.5 Å². The van der Waals surface area contributed by atoms with Crippen LogP contribution in [0.25, 0.3) is 0 Å². The molecule has 0 aliphatic carbocycles. The van der Waals surface area contributed by atoms with Gasteiger partial charge < -0.3 is 4.84 Å². The molecule has 0 spiro atoms. The molecule has 120 valence electrons. The highest BCUT2D eigenvalue weighted by Crippen LogP contribution is 2.12. The van der Waals surface area contributed by atoms with Gasteiger partial charge in [0, 0.05) is 18.2 Å². The van der Waals surface area contributed by atoms with Gasteiger partial charge >= 0.3 is 5.97 Å². The van der Waals surface area contributed by atoms with Crippen LogP contribution in [0.3, 0.4) is 0 Å². The molecule has 0 atom stereocenters. The van der Waals surface area contributed by atoms with Gasteiger partial charge in [-0.05, 0) is 18.4 Å². The number of rotatable bonds is 9. The second-order valence-corrected chi connectivity index (χ2v) is 5.43. The van der Waals surface area contributed by atoms with Gasteiger partial charge in [-0.25, -0.2) is 4.79 Å². The van der Waals surface area contributed by atoms with E-state index < -0.39 is 5.97 Å². The number of nitrogens with zero attached hydrogens (tertiary/aromatic N) is 1. The third-order valence-corrected chi connectivity index (χ3v) is 3.58. The smallest absolute Gasteiger partial charge is 0.318 e. The molecule has 0 saturated heterocycles. The summed E-state index contributed by atoms with van der Waals surface area (Å²) in [6.07, 6.45) is 4.64. The Morgan fingerprint density at radius 1 is 1.14 bits per heavy atom. The van der Waals surface area contributed by atoms with Gasteiger partial charge in [-0.3, -0.25) is 4.79 Å². The summed E-state index contributed by atoms with van der Waals surface area (Å²) in [7, 11) is 0. The molecule has 0 heterocycles. The summed E-state index contributed by atoms with van der Waals surface area (Å²) in [6.45, 7) is 3.40. The molecule has 0 bridgehead atoms. The minimum Gasteiger partial charge on any atom is -0.318 e. The summed E-state index contributed by atoms with van der Waals surface area (Å²) < 4.78 is 0. The maximum Gasteiger partial charge on any atom is 0.331 e. The van der Waals surface area contributed by atoms with E-state index in [-0.39, 0.29) is 5.78 Å². The molecular weight excluding hydrogens is 298 g/mol. The first-order chi connectivity index (χ1) is 10.6. The second-order valence-electron chi connectivity index (χ2n) is 5.12. The molecule has 22 heavy (non-hydrogen) atoms. The number of unbranched alkanes of at least 4 members (excludes halogenated alkanes) is 3. The maximum absolute atomic E-state index is 12.5. The van der Waals surface area contributed by atoms with Gasteiger partial charge in [-0.15, -0.1) is 0 Å². The number of benzene rings is 1. The van der Waals surface area contributed by atoms with Crippen molar-refractivity contribution in [2.45, 2.75) is 51.7 Å². The molecule has 0 saturated carbocycles. The SMILES string of the molecule is CCCCCCC(=NOC(C)=O)C(=O)c1ccc(CS)cc1. The minimum atomic E-state index is -0.524. The van der Waals surface area contributed by atoms with E-state index in [1.165, 1.54) is 6.92 Å².